The van der Waals surface area contributed by atoms with Crippen molar-refractivity contribution in [2.45, 2.75) is 9.79 Å². The summed E-state index contributed by atoms with van der Waals surface area (Å²) in [4.78, 5) is 12.0. The molecule has 192 valence electrons. The third-order valence-corrected chi connectivity index (χ3v) is 6.94. The van der Waals surface area contributed by atoms with E-state index < -0.39 is 37.5 Å². The summed E-state index contributed by atoms with van der Waals surface area (Å²) in [6.45, 7) is 0. The number of carbonyl (C=O) groups excluding carboxylic acids is 1. The number of nitriles is 1. The van der Waals surface area contributed by atoms with Gasteiger partial charge < -0.3 is 10.1 Å². The summed E-state index contributed by atoms with van der Waals surface area (Å²) in [7, 11) is -6.69. The SMILES string of the molecule is COc1ccc(NN=C(C#N)C(=O)Nc2ccc(S(N)(=O)=O)cc2)cc1NS(=O)(=O)c1ccc(F)cc1. The standard InChI is InChI=1S/C22H19FN6O6S2/c1-35-21-11-6-16(12-19(21)29-37(33,34)18-7-2-14(23)3-8-18)27-28-20(13-24)22(30)26-15-4-9-17(10-5-15)36(25,31)32/h2-12,27,29H,1H3,(H,26,30)(H2,25,31,32). The topological polar surface area (TPSA) is 193 Å². The second-order valence-electron chi connectivity index (χ2n) is 7.18. The number of methoxy groups -OCH3 is 1. The van der Waals surface area contributed by atoms with E-state index in [4.69, 9.17) is 9.88 Å². The Bertz CT molecular complexity index is 1600. The van der Waals surface area contributed by atoms with Gasteiger partial charge in [-0.15, -0.1) is 0 Å². The number of anilines is 3. The van der Waals surface area contributed by atoms with Gasteiger partial charge in [0.2, 0.25) is 15.7 Å². The summed E-state index contributed by atoms with van der Waals surface area (Å²) in [5.74, 6) is -1.34. The minimum atomic E-state index is -4.10. The first kappa shape index (κ1) is 27.1. The lowest BCUT2D eigenvalue weighted by molar-refractivity contribution is -0.110. The van der Waals surface area contributed by atoms with Crippen molar-refractivity contribution >= 4 is 48.7 Å². The average Bonchev–Trinajstić information content (AvgIpc) is 2.84. The maximum absolute atomic E-state index is 13.2. The van der Waals surface area contributed by atoms with Gasteiger partial charge in [-0.3, -0.25) is 14.9 Å². The van der Waals surface area contributed by atoms with Gasteiger partial charge in [-0.2, -0.15) is 10.4 Å². The van der Waals surface area contributed by atoms with Crippen LogP contribution in [0.15, 0.2) is 81.6 Å². The van der Waals surface area contributed by atoms with E-state index in [1.54, 1.807) is 6.07 Å². The van der Waals surface area contributed by atoms with Gasteiger partial charge in [-0.05, 0) is 66.7 Å². The molecule has 0 saturated heterocycles. The lowest BCUT2D eigenvalue weighted by Gasteiger charge is -2.13. The van der Waals surface area contributed by atoms with Crippen LogP contribution in [0.25, 0.3) is 0 Å². The summed E-state index contributed by atoms with van der Waals surface area (Å²) < 4.78 is 68.6. The van der Waals surface area contributed by atoms with Crippen molar-refractivity contribution in [3.05, 3.63) is 72.5 Å². The summed E-state index contributed by atoms with van der Waals surface area (Å²) >= 11 is 0. The van der Waals surface area contributed by atoms with E-state index in [0.29, 0.717) is 0 Å². The number of hydrogen-bond acceptors (Lipinski definition) is 9. The van der Waals surface area contributed by atoms with Crippen LogP contribution in [0.2, 0.25) is 0 Å². The number of halogens is 1. The van der Waals surface area contributed by atoms with Crippen LogP contribution in [0.5, 0.6) is 5.75 Å². The van der Waals surface area contributed by atoms with Crippen molar-refractivity contribution in [3.8, 4) is 11.8 Å². The first-order valence-electron chi connectivity index (χ1n) is 10.1. The van der Waals surface area contributed by atoms with Crippen LogP contribution in [0.1, 0.15) is 0 Å². The highest BCUT2D eigenvalue weighted by atomic mass is 32.2. The Morgan fingerprint density at radius 3 is 2.14 bits per heavy atom. The number of amides is 1. The molecule has 0 aliphatic rings. The minimum absolute atomic E-state index is 0.00456. The molecular weight excluding hydrogens is 527 g/mol. The number of nitrogens with one attached hydrogen (secondary N) is 3. The van der Waals surface area contributed by atoms with E-state index in [0.717, 1.165) is 24.3 Å². The van der Waals surface area contributed by atoms with E-state index in [1.165, 1.54) is 49.6 Å². The number of benzene rings is 3. The Hall–Kier alpha value is -4.52. The van der Waals surface area contributed by atoms with E-state index in [9.17, 15) is 31.3 Å². The Morgan fingerprint density at radius 1 is 0.973 bits per heavy atom. The van der Waals surface area contributed by atoms with Crippen molar-refractivity contribution in [1.29, 1.82) is 5.26 Å². The van der Waals surface area contributed by atoms with Crippen LogP contribution in [0, 0.1) is 17.1 Å². The molecular formula is C22H19FN6O6S2. The smallest absolute Gasteiger partial charge is 0.287 e. The van der Waals surface area contributed by atoms with Gasteiger partial charge in [0, 0.05) is 5.69 Å². The normalized spacial score (nSPS) is 11.8. The number of hydrogen-bond donors (Lipinski definition) is 4. The predicted octanol–water partition coefficient (Wildman–Crippen LogP) is 2.21. The van der Waals surface area contributed by atoms with Crippen LogP contribution in [-0.2, 0) is 24.8 Å². The molecule has 0 atom stereocenters. The molecule has 0 aromatic heterocycles. The molecule has 0 heterocycles. The fourth-order valence-corrected chi connectivity index (χ4v) is 4.42. The first-order chi connectivity index (χ1) is 17.4. The molecule has 12 nitrogen and oxygen atoms in total. The lowest BCUT2D eigenvalue weighted by atomic mass is 10.2. The van der Waals surface area contributed by atoms with Gasteiger partial charge in [-0.1, -0.05) is 0 Å². The van der Waals surface area contributed by atoms with Crippen molar-refractivity contribution < 1.29 is 30.8 Å². The van der Waals surface area contributed by atoms with Gasteiger partial charge >= 0.3 is 0 Å². The van der Waals surface area contributed by atoms with Crippen molar-refractivity contribution in [2.24, 2.45) is 10.2 Å². The molecule has 0 aliphatic heterocycles. The molecule has 5 N–H and O–H groups in total. The quantitative estimate of drug-likeness (QED) is 0.232. The third-order valence-electron chi connectivity index (χ3n) is 4.63. The highest BCUT2D eigenvalue weighted by Gasteiger charge is 2.18. The van der Waals surface area contributed by atoms with Crippen molar-refractivity contribution in [2.75, 3.05) is 22.6 Å². The van der Waals surface area contributed by atoms with Crippen LogP contribution in [0.3, 0.4) is 0 Å². The van der Waals surface area contributed by atoms with Crippen LogP contribution < -0.4 is 25.3 Å². The van der Waals surface area contributed by atoms with E-state index in [2.05, 4.69) is 20.6 Å². The van der Waals surface area contributed by atoms with Crippen LogP contribution in [0.4, 0.5) is 21.5 Å². The number of ether oxygens (including phenoxy) is 1. The zero-order valence-electron chi connectivity index (χ0n) is 19.0. The molecule has 3 aromatic carbocycles. The van der Waals surface area contributed by atoms with Gasteiger partial charge in [0.25, 0.3) is 15.9 Å². The number of carbonyl (C=O) groups is 1. The maximum Gasteiger partial charge on any atom is 0.287 e. The van der Waals surface area contributed by atoms with E-state index in [1.807, 2.05) is 0 Å². The largest absolute Gasteiger partial charge is 0.495 e. The van der Waals surface area contributed by atoms with Crippen molar-refractivity contribution in [3.63, 3.8) is 0 Å². The predicted molar refractivity (Wildman–Crippen MR) is 133 cm³/mol. The number of primary sulfonamides is 1. The minimum Gasteiger partial charge on any atom is -0.495 e. The molecule has 3 rings (SSSR count). The molecule has 1 amide bonds. The Labute approximate surface area is 211 Å². The molecule has 37 heavy (non-hydrogen) atoms. The third kappa shape index (κ3) is 7.01. The average molecular weight is 547 g/mol. The highest BCUT2D eigenvalue weighted by Crippen LogP contribution is 2.30. The Kier molecular flexibility index (Phi) is 8.07. The van der Waals surface area contributed by atoms with E-state index in [-0.39, 0.29) is 32.6 Å². The highest BCUT2D eigenvalue weighted by molar-refractivity contribution is 7.92. The number of rotatable bonds is 9. The number of sulfonamides is 2. The van der Waals surface area contributed by atoms with Gasteiger partial charge in [0.15, 0.2) is 0 Å². The number of hydrazone groups is 1. The molecule has 0 radical (unpaired) electrons. The molecule has 0 bridgehead atoms. The zero-order chi connectivity index (χ0) is 27.2. The van der Waals surface area contributed by atoms with Crippen LogP contribution in [-0.4, -0.2) is 35.6 Å². The summed E-state index contributed by atoms with van der Waals surface area (Å²) in [6, 6.07) is 14.9. The first-order valence-corrected chi connectivity index (χ1v) is 13.1. The summed E-state index contributed by atoms with van der Waals surface area (Å²) in [6.07, 6.45) is 0. The summed E-state index contributed by atoms with van der Waals surface area (Å²) in [5, 5.41) is 20.5. The van der Waals surface area contributed by atoms with Gasteiger partial charge in [0.1, 0.15) is 17.6 Å². The second-order valence-corrected chi connectivity index (χ2v) is 10.4. The van der Waals surface area contributed by atoms with Gasteiger partial charge in [0.05, 0.1) is 28.3 Å². The monoisotopic (exact) mass is 546 g/mol. The second kappa shape index (κ2) is 11.0. The molecule has 15 heteroatoms. The van der Waals surface area contributed by atoms with Crippen molar-refractivity contribution in [1.82, 2.24) is 0 Å². The fraction of sp³-hybridized carbons (Fsp3) is 0.0455. The molecule has 3 aromatic rings. The van der Waals surface area contributed by atoms with Gasteiger partial charge in [-0.25, -0.2) is 26.4 Å². The Morgan fingerprint density at radius 2 is 1.57 bits per heavy atom. The molecule has 0 aliphatic carbocycles. The number of nitrogens with zero attached hydrogens (tertiary/aromatic N) is 2. The van der Waals surface area contributed by atoms with Crippen LogP contribution >= 0.6 is 0 Å². The Balaban J connectivity index is 1.78. The number of nitrogens with two attached hydrogens (primary N) is 1. The maximum atomic E-state index is 13.2. The molecule has 0 unspecified atom stereocenters. The lowest BCUT2D eigenvalue weighted by Crippen LogP contribution is -2.22. The molecule has 0 spiro atoms. The molecule has 0 fully saturated rings. The fourth-order valence-electron chi connectivity index (χ4n) is 2.84. The zero-order valence-corrected chi connectivity index (χ0v) is 20.6. The van der Waals surface area contributed by atoms with E-state index >= 15 is 0 Å². The summed E-state index contributed by atoms with van der Waals surface area (Å²) in [5.41, 5.74) is 2.28. The molecule has 0 saturated carbocycles.